The molecule has 0 spiro atoms. The highest BCUT2D eigenvalue weighted by Gasteiger charge is 2.25. The second-order valence-corrected chi connectivity index (χ2v) is 11.5. The third-order valence-electron chi connectivity index (χ3n) is 8.04. The molecule has 1 rings (SSSR count). The minimum Gasteiger partial charge on any atom is -0.300 e. The van der Waals surface area contributed by atoms with Crippen LogP contribution in [0.2, 0.25) is 0 Å². The van der Waals surface area contributed by atoms with E-state index in [-0.39, 0.29) is 0 Å². The van der Waals surface area contributed by atoms with E-state index in [0.717, 1.165) is 44.9 Å². The van der Waals surface area contributed by atoms with Crippen LogP contribution in [0, 0.1) is 11.8 Å². The van der Waals surface area contributed by atoms with E-state index in [1.807, 2.05) is 0 Å². The predicted octanol–water partition coefficient (Wildman–Crippen LogP) is 10.6. The highest BCUT2D eigenvalue weighted by Crippen LogP contribution is 2.34. The van der Waals surface area contributed by atoms with Gasteiger partial charge in [-0.15, -0.1) is 0 Å². The zero-order chi connectivity index (χ0) is 24.7. The zero-order valence-electron chi connectivity index (χ0n) is 23.4. The van der Waals surface area contributed by atoms with Crippen LogP contribution in [0.15, 0.2) is 0 Å². The van der Waals surface area contributed by atoms with E-state index in [2.05, 4.69) is 13.8 Å². The Kier molecular flexibility index (Phi) is 21.0. The maximum absolute atomic E-state index is 12.5. The largest absolute Gasteiger partial charge is 0.300 e. The van der Waals surface area contributed by atoms with E-state index in [1.165, 1.54) is 122 Å². The van der Waals surface area contributed by atoms with Gasteiger partial charge in [-0.2, -0.15) is 0 Å². The number of Topliss-reactive ketones (excluding diaryl/α,β-unsaturated/α-hetero) is 2. The van der Waals surface area contributed by atoms with Gasteiger partial charge in [0, 0.05) is 25.7 Å². The van der Waals surface area contributed by atoms with Gasteiger partial charge in [-0.05, 0) is 31.1 Å². The SMILES string of the molecule is CCCCCCCCCCCC(=O)CC1CCCC(CC(=O)CCCCCCCCCCC)C1. The fraction of sp³-hybridized carbons (Fsp3) is 0.938. The second-order valence-electron chi connectivity index (χ2n) is 11.5. The lowest BCUT2D eigenvalue weighted by atomic mass is 9.76. The molecule has 0 aliphatic heterocycles. The van der Waals surface area contributed by atoms with Gasteiger partial charge >= 0.3 is 0 Å². The lowest BCUT2D eigenvalue weighted by Gasteiger charge is -2.28. The molecule has 1 saturated carbocycles. The minimum atomic E-state index is 0.481. The average Bonchev–Trinajstić information content (AvgIpc) is 2.82. The summed E-state index contributed by atoms with van der Waals surface area (Å²) in [6, 6.07) is 0. The predicted molar refractivity (Wildman–Crippen MR) is 148 cm³/mol. The van der Waals surface area contributed by atoms with Gasteiger partial charge in [-0.3, -0.25) is 9.59 Å². The first-order valence-electron chi connectivity index (χ1n) is 15.7. The number of rotatable bonds is 24. The second kappa shape index (κ2) is 22.8. The summed E-state index contributed by atoms with van der Waals surface area (Å²) in [6.07, 6.45) is 31.4. The summed E-state index contributed by atoms with van der Waals surface area (Å²) < 4.78 is 0. The fourth-order valence-corrected chi connectivity index (χ4v) is 5.89. The van der Waals surface area contributed by atoms with E-state index >= 15 is 0 Å². The molecule has 2 nitrogen and oxygen atoms in total. The van der Waals surface area contributed by atoms with Crippen molar-refractivity contribution in [1.29, 1.82) is 0 Å². The van der Waals surface area contributed by atoms with Crippen LogP contribution in [0.4, 0.5) is 0 Å². The van der Waals surface area contributed by atoms with Gasteiger partial charge in [0.1, 0.15) is 11.6 Å². The summed E-state index contributed by atoms with van der Waals surface area (Å²) in [5.41, 5.74) is 0. The average molecular weight is 477 g/mol. The van der Waals surface area contributed by atoms with Gasteiger partial charge in [0.2, 0.25) is 0 Å². The lowest BCUT2D eigenvalue weighted by molar-refractivity contribution is -0.120. The maximum atomic E-state index is 12.5. The smallest absolute Gasteiger partial charge is 0.133 e. The van der Waals surface area contributed by atoms with E-state index in [4.69, 9.17) is 0 Å². The van der Waals surface area contributed by atoms with Crippen LogP contribution < -0.4 is 0 Å². The topological polar surface area (TPSA) is 34.1 Å². The third kappa shape index (κ3) is 18.6. The Labute approximate surface area is 213 Å². The van der Waals surface area contributed by atoms with Crippen LogP contribution in [-0.4, -0.2) is 11.6 Å². The van der Waals surface area contributed by atoms with E-state index in [1.54, 1.807) is 0 Å². The van der Waals surface area contributed by atoms with Crippen molar-refractivity contribution in [2.75, 3.05) is 0 Å². The molecule has 0 aromatic carbocycles. The van der Waals surface area contributed by atoms with Crippen molar-refractivity contribution >= 4 is 11.6 Å². The number of hydrogen-bond donors (Lipinski definition) is 0. The molecular formula is C32H60O2. The number of carbonyl (C=O) groups is 2. The van der Waals surface area contributed by atoms with Gasteiger partial charge < -0.3 is 0 Å². The first kappa shape index (κ1) is 31.4. The maximum Gasteiger partial charge on any atom is 0.133 e. The molecule has 0 amide bonds. The normalized spacial score (nSPS) is 18.3. The van der Waals surface area contributed by atoms with E-state index in [9.17, 15) is 9.59 Å². The number of unbranched alkanes of at least 4 members (excludes halogenated alkanes) is 16. The summed E-state index contributed by atoms with van der Waals surface area (Å²) in [5.74, 6) is 2.06. The van der Waals surface area contributed by atoms with E-state index < -0.39 is 0 Å². The number of ketones is 2. The Bertz CT molecular complexity index is 441. The Morgan fingerprint density at radius 1 is 0.500 bits per heavy atom. The van der Waals surface area contributed by atoms with Crippen LogP contribution >= 0.6 is 0 Å². The molecule has 2 unspecified atom stereocenters. The highest BCUT2D eigenvalue weighted by molar-refractivity contribution is 5.79. The van der Waals surface area contributed by atoms with Crippen molar-refractivity contribution in [3.8, 4) is 0 Å². The first-order valence-corrected chi connectivity index (χ1v) is 15.7. The van der Waals surface area contributed by atoms with Crippen molar-refractivity contribution in [2.45, 2.75) is 181 Å². The summed E-state index contributed by atoms with van der Waals surface area (Å²) in [5, 5.41) is 0. The summed E-state index contributed by atoms with van der Waals surface area (Å²) in [4.78, 5) is 25.0. The molecule has 200 valence electrons. The van der Waals surface area contributed by atoms with Crippen LogP contribution in [0.5, 0.6) is 0 Å². The number of carbonyl (C=O) groups excluding carboxylic acids is 2. The molecule has 0 aromatic rings. The monoisotopic (exact) mass is 476 g/mol. The fourth-order valence-electron chi connectivity index (χ4n) is 5.89. The molecule has 0 heterocycles. The minimum absolute atomic E-state index is 0.481. The third-order valence-corrected chi connectivity index (χ3v) is 8.04. The van der Waals surface area contributed by atoms with Gasteiger partial charge in [0.25, 0.3) is 0 Å². The van der Waals surface area contributed by atoms with Gasteiger partial charge in [-0.1, -0.05) is 136 Å². The standard InChI is InChI=1S/C32H60O2/c1-3-5-7-9-11-13-15-17-19-24-31(33)27-29-22-21-23-30(26-29)28-32(34)25-20-18-16-14-12-10-8-6-4-2/h29-30H,3-28H2,1-2H3. The molecule has 2 atom stereocenters. The van der Waals surface area contributed by atoms with Gasteiger partial charge in [-0.25, -0.2) is 0 Å². The molecule has 1 aliphatic carbocycles. The molecule has 0 saturated heterocycles. The lowest BCUT2D eigenvalue weighted by Crippen LogP contribution is -2.20. The zero-order valence-corrected chi connectivity index (χ0v) is 23.4. The Balaban J connectivity index is 2.01. The molecule has 1 fully saturated rings. The quantitative estimate of drug-likeness (QED) is 0.130. The molecule has 34 heavy (non-hydrogen) atoms. The van der Waals surface area contributed by atoms with Crippen molar-refractivity contribution in [1.82, 2.24) is 0 Å². The van der Waals surface area contributed by atoms with Crippen molar-refractivity contribution in [3.63, 3.8) is 0 Å². The van der Waals surface area contributed by atoms with E-state index in [0.29, 0.717) is 23.4 Å². The van der Waals surface area contributed by atoms with Crippen LogP contribution in [0.25, 0.3) is 0 Å². The molecule has 2 heteroatoms. The van der Waals surface area contributed by atoms with Crippen molar-refractivity contribution in [3.05, 3.63) is 0 Å². The molecular weight excluding hydrogens is 416 g/mol. The van der Waals surface area contributed by atoms with Crippen molar-refractivity contribution in [2.24, 2.45) is 11.8 Å². The molecule has 0 N–H and O–H groups in total. The summed E-state index contributed by atoms with van der Waals surface area (Å²) >= 11 is 0. The van der Waals surface area contributed by atoms with Crippen LogP contribution in [0.3, 0.4) is 0 Å². The van der Waals surface area contributed by atoms with Crippen molar-refractivity contribution < 1.29 is 9.59 Å². The molecule has 0 aromatic heterocycles. The Morgan fingerprint density at radius 2 is 0.824 bits per heavy atom. The Hall–Kier alpha value is -0.660. The molecule has 0 radical (unpaired) electrons. The summed E-state index contributed by atoms with van der Waals surface area (Å²) in [7, 11) is 0. The Morgan fingerprint density at radius 3 is 1.18 bits per heavy atom. The van der Waals surface area contributed by atoms with Gasteiger partial charge in [0.05, 0.1) is 0 Å². The molecule has 0 bridgehead atoms. The van der Waals surface area contributed by atoms with Gasteiger partial charge in [0.15, 0.2) is 0 Å². The van der Waals surface area contributed by atoms with Crippen LogP contribution in [-0.2, 0) is 9.59 Å². The molecule has 1 aliphatic rings. The van der Waals surface area contributed by atoms with Crippen LogP contribution in [0.1, 0.15) is 181 Å². The number of hydrogen-bond acceptors (Lipinski definition) is 2. The summed E-state index contributed by atoms with van der Waals surface area (Å²) in [6.45, 7) is 4.53. The highest BCUT2D eigenvalue weighted by atomic mass is 16.1. The first-order chi connectivity index (χ1) is 16.7.